The summed E-state index contributed by atoms with van der Waals surface area (Å²) in [6.45, 7) is 2.13. The zero-order valence-corrected chi connectivity index (χ0v) is 16.0. The van der Waals surface area contributed by atoms with Crippen molar-refractivity contribution in [1.29, 1.82) is 0 Å². The average molecular weight is 415 g/mol. The van der Waals surface area contributed by atoms with E-state index in [-0.39, 0.29) is 34.0 Å². The zero-order valence-electron chi connectivity index (χ0n) is 16.0. The van der Waals surface area contributed by atoms with Gasteiger partial charge >= 0.3 is 0 Å². The molecule has 0 aromatic heterocycles. The molecule has 2 aromatic rings. The van der Waals surface area contributed by atoms with Gasteiger partial charge in [-0.25, -0.2) is 0 Å². The molecule has 0 bridgehead atoms. The van der Waals surface area contributed by atoms with Crippen molar-refractivity contribution in [3.63, 3.8) is 0 Å². The Morgan fingerprint density at radius 1 is 0.833 bits per heavy atom. The first-order chi connectivity index (χ1) is 14.4. The summed E-state index contributed by atoms with van der Waals surface area (Å²) in [7, 11) is 0. The molecule has 158 valence electrons. The van der Waals surface area contributed by atoms with Crippen LogP contribution in [0.3, 0.4) is 0 Å². The van der Waals surface area contributed by atoms with Gasteiger partial charge in [-0.05, 0) is 25.1 Å². The summed E-state index contributed by atoms with van der Waals surface area (Å²) in [5, 5.41) is 44.0. The molecule has 0 amide bonds. The highest BCUT2D eigenvalue weighted by Crippen LogP contribution is 2.22. The maximum Gasteiger partial charge on any atom is 0.270 e. The third kappa shape index (κ3) is 6.95. The molecular weight excluding hydrogens is 394 g/mol. The van der Waals surface area contributed by atoms with Crippen LogP contribution in [-0.4, -0.2) is 58.7 Å². The Balaban J connectivity index is 1.67. The summed E-state index contributed by atoms with van der Waals surface area (Å²) < 4.78 is 0. The fourth-order valence-corrected chi connectivity index (χ4v) is 2.41. The number of hydrogen-bond donors (Lipinski definition) is 3. The van der Waals surface area contributed by atoms with Crippen LogP contribution in [0.5, 0.6) is 11.5 Å². The van der Waals surface area contributed by atoms with Gasteiger partial charge in [0.15, 0.2) is 0 Å². The first-order valence-corrected chi connectivity index (χ1v) is 9.03. The Hall–Kier alpha value is -3.86. The summed E-state index contributed by atoms with van der Waals surface area (Å²) in [6.07, 6.45) is 3.50. The Labute approximate surface area is 171 Å². The summed E-state index contributed by atoms with van der Waals surface area (Å²) in [5.41, 5.74) is 0.333. The van der Waals surface area contributed by atoms with Crippen LogP contribution < -0.4 is 5.32 Å². The third-order valence-electron chi connectivity index (χ3n) is 3.96. The number of nitro groups is 2. The number of phenolic OH excluding ortho intramolecular Hbond substituents is 2. The normalized spacial score (nSPS) is 11.3. The maximum absolute atomic E-state index is 10.7. The SMILES string of the molecule is O=[N+]([O-])c1ccc(O)c(C=NCCCNCCN=Cc2cc([N+](=O)[O-])ccc2O)c1. The molecule has 0 aliphatic heterocycles. The first kappa shape index (κ1) is 22.4. The molecule has 0 heterocycles. The van der Waals surface area contributed by atoms with Crippen molar-refractivity contribution in [1.82, 2.24) is 5.32 Å². The number of rotatable bonds is 11. The molecule has 30 heavy (non-hydrogen) atoms. The summed E-state index contributed by atoms with van der Waals surface area (Å²) in [6, 6.07) is 7.47. The molecular formula is C19H21N5O6. The molecule has 0 atom stereocenters. The predicted molar refractivity (Wildman–Crippen MR) is 112 cm³/mol. The molecule has 11 nitrogen and oxygen atoms in total. The van der Waals surface area contributed by atoms with Crippen molar-refractivity contribution in [3.8, 4) is 11.5 Å². The summed E-state index contributed by atoms with van der Waals surface area (Å²) in [5.74, 6) is -0.153. The van der Waals surface area contributed by atoms with Crippen LogP contribution >= 0.6 is 0 Å². The van der Waals surface area contributed by atoms with E-state index in [2.05, 4.69) is 15.3 Å². The van der Waals surface area contributed by atoms with Gasteiger partial charge in [0.25, 0.3) is 11.4 Å². The first-order valence-electron chi connectivity index (χ1n) is 9.03. The minimum Gasteiger partial charge on any atom is -0.507 e. The van der Waals surface area contributed by atoms with Crippen LogP contribution in [0.2, 0.25) is 0 Å². The van der Waals surface area contributed by atoms with E-state index in [0.717, 1.165) is 0 Å². The van der Waals surface area contributed by atoms with Gasteiger partial charge in [0.1, 0.15) is 11.5 Å². The highest BCUT2D eigenvalue weighted by atomic mass is 16.6. The average Bonchev–Trinajstić information content (AvgIpc) is 2.71. The Morgan fingerprint density at radius 3 is 1.83 bits per heavy atom. The second-order valence-corrected chi connectivity index (χ2v) is 6.17. The van der Waals surface area contributed by atoms with Crippen molar-refractivity contribution < 1.29 is 20.1 Å². The molecule has 0 radical (unpaired) electrons. The number of benzene rings is 2. The van der Waals surface area contributed by atoms with E-state index in [1.165, 1.54) is 48.8 Å². The number of non-ortho nitro benzene ring substituents is 2. The predicted octanol–water partition coefficient (Wildman–Crippen LogP) is 2.43. The number of nitrogens with one attached hydrogen (secondary N) is 1. The van der Waals surface area contributed by atoms with Crippen molar-refractivity contribution in [2.75, 3.05) is 26.2 Å². The largest absolute Gasteiger partial charge is 0.507 e. The highest BCUT2D eigenvalue weighted by molar-refractivity contribution is 5.85. The van der Waals surface area contributed by atoms with Crippen LogP contribution in [0.25, 0.3) is 0 Å². The van der Waals surface area contributed by atoms with Crippen LogP contribution in [0.1, 0.15) is 17.5 Å². The lowest BCUT2D eigenvalue weighted by atomic mass is 10.2. The van der Waals surface area contributed by atoms with Gasteiger partial charge in [-0.2, -0.15) is 0 Å². The minimum absolute atomic E-state index is 0.0740. The lowest BCUT2D eigenvalue weighted by Gasteiger charge is -2.02. The lowest BCUT2D eigenvalue weighted by molar-refractivity contribution is -0.385. The number of aliphatic imine (C=N–C) groups is 2. The zero-order chi connectivity index (χ0) is 21.9. The van der Waals surface area contributed by atoms with E-state index in [0.29, 0.717) is 32.6 Å². The van der Waals surface area contributed by atoms with Gasteiger partial charge in [-0.3, -0.25) is 30.2 Å². The van der Waals surface area contributed by atoms with E-state index >= 15 is 0 Å². The molecule has 0 spiro atoms. The van der Waals surface area contributed by atoms with E-state index < -0.39 is 9.85 Å². The molecule has 3 N–H and O–H groups in total. The van der Waals surface area contributed by atoms with Crippen molar-refractivity contribution in [2.45, 2.75) is 6.42 Å². The van der Waals surface area contributed by atoms with Gasteiger partial charge in [-0.1, -0.05) is 0 Å². The van der Waals surface area contributed by atoms with E-state index in [1.807, 2.05) is 0 Å². The van der Waals surface area contributed by atoms with Crippen LogP contribution in [-0.2, 0) is 0 Å². The Morgan fingerprint density at radius 2 is 1.33 bits per heavy atom. The molecule has 2 aromatic carbocycles. The van der Waals surface area contributed by atoms with Crippen LogP contribution in [0, 0.1) is 20.2 Å². The second-order valence-electron chi connectivity index (χ2n) is 6.17. The Bertz CT molecular complexity index is 883. The molecule has 0 aliphatic rings. The maximum atomic E-state index is 10.7. The lowest BCUT2D eigenvalue weighted by Crippen LogP contribution is -2.19. The number of phenols is 2. The highest BCUT2D eigenvalue weighted by Gasteiger charge is 2.09. The minimum atomic E-state index is -0.540. The van der Waals surface area contributed by atoms with Crippen molar-refractivity contribution in [2.24, 2.45) is 9.98 Å². The van der Waals surface area contributed by atoms with E-state index in [1.54, 1.807) is 0 Å². The van der Waals surface area contributed by atoms with Crippen molar-refractivity contribution >= 4 is 23.8 Å². The van der Waals surface area contributed by atoms with E-state index in [9.17, 15) is 30.4 Å². The van der Waals surface area contributed by atoms with Crippen LogP contribution in [0.15, 0.2) is 46.4 Å². The van der Waals surface area contributed by atoms with Gasteiger partial charge in [-0.15, -0.1) is 0 Å². The monoisotopic (exact) mass is 415 g/mol. The molecule has 0 saturated heterocycles. The fourth-order valence-electron chi connectivity index (χ4n) is 2.41. The number of hydrogen-bond acceptors (Lipinski definition) is 9. The molecule has 11 heteroatoms. The van der Waals surface area contributed by atoms with Crippen molar-refractivity contribution in [3.05, 3.63) is 67.8 Å². The number of nitro benzene ring substituents is 2. The molecule has 0 aliphatic carbocycles. The summed E-state index contributed by atoms with van der Waals surface area (Å²) >= 11 is 0. The smallest absolute Gasteiger partial charge is 0.270 e. The van der Waals surface area contributed by atoms with Crippen LogP contribution in [0.4, 0.5) is 11.4 Å². The second kappa shape index (κ2) is 11.2. The van der Waals surface area contributed by atoms with E-state index in [4.69, 9.17) is 0 Å². The summed E-state index contributed by atoms with van der Waals surface area (Å²) in [4.78, 5) is 28.7. The van der Waals surface area contributed by atoms with Gasteiger partial charge in [0, 0.05) is 60.9 Å². The fraction of sp³-hybridized carbons (Fsp3) is 0.263. The molecule has 0 unspecified atom stereocenters. The Kier molecular flexibility index (Phi) is 8.39. The number of nitrogens with zero attached hydrogens (tertiary/aromatic N) is 4. The number of aromatic hydroxyl groups is 2. The molecule has 2 rings (SSSR count). The van der Waals surface area contributed by atoms with Gasteiger partial charge in [0.05, 0.1) is 16.4 Å². The molecule has 0 fully saturated rings. The standard InChI is InChI=1S/C19H21N5O6/c25-18-4-2-16(23(27)28)10-14(18)12-21-7-1-6-20-8-9-22-13-15-11-17(24(29)30)3-5-19(15)26/h2-5,10-13,20,25-26H,1,6-9H2. The molecule has 0 saturated carbocycles. The third-order valence-corrected chi connectivity index (χ3v) is 3.96. The van der Waals surface area contributed by atoms with Gasteiger partial charge in [0.2, 0.25) is 0 Å². The topological polar surface area (TPSA) is 163 Å². The quantitative estimate of drug-likeness (QED) is 0.219. The van der Waals surface area contributed by atoms with Gasteiger partial charge < -0.3 is 15.5 Å².